The summed E-state index contributed by atoms with van der Waals surface area (Å²) < 4.78 is 25.6. The van der Waals surface area contributed by atoms with Crippen LogP contribution in [-0.2, 0) is 4.74 Å². The second-order valence-corrected chi connectivity index (χ2v) is 4.97. The molecule has 0 amide bonds. The van der Waals surface area contributed by atoms with E-state index in [0.717, 1.165) is 24.2 Å². The van der Waals surface area contributed by atoms with Gasteiger partial charge in [-0.15, -0.1) is 0 Å². The Bertz CT molecular complexity index is 554. The minimum Gasteiger partial charge on any atom is -0.457 e. The van der Waals surface area contributed by atoms with Crippen LogP contribution in [0.1, 0.15) is 24.3 Å². The molecule has 0 aliphatic rings. The Morgan fingerprint density at radius 1 is 1.09 bits per heavy atom. The third-order valence-corrected chi connectivity index (χ3v) is 3.26. The molecule has 0 spiro atoms. The number of rotatable bonds is 8. The molecule has 0 aromatic heterocycles. The highest BCUT2D eigenvalue weighted by Crippen LogP contribution is 2.28. The number of likely N-dealkylation sites (N-methyl/N-ethyl adjacent to an activating group) is 1. The molecule has 0 bridgehead atoms. The van der Waals surface area contributed by atoms with Crippen molar-refractivity contribution in [3.05, 3.63) is 65.5 Å². The van der Waals surface area contributed by atoms with Gasteiger partial charge in [-0.1, -0.05) is 49.4 Å². The van der Waals surface area contributed by atoms with Crippen LogP contribution in [0.5, 0.6) is 5.75 Å². The van der Waals surface area contributed by atoms with Crippen LogP contribution in [0, 0.1) is 12.7 Å². The molecule has 2 aromatic rings. The van der Waals surface area contributed by atoms with Crippen LogP contribution in [0.25, 0.3) is 0 Å². The molecule has 4 heteroatoms. The van der Waals surface area contributed by atoms with Crippen molar-refractivity contribution >= 4 is 0 Å². The molecule has 3 nitrogen and oxygen atoms in total. The van der Waals surface area contributed by atoms with Gasteiger partial charge < -0.3 is 14.8 Å². The van der Waals surface area contributed by atoms with E-state index in [-0.39, 0.29) is 11.6 Å². The Kier molecular flexibility index (Phi) is 6.37. The van der Waals surface area contributed by atoms with Crippen molar-refractivity contribution < 1.29 is 13.9 Å². The highest BCUT2D eigenvalue weighted by molar-refractivity contribution is 5.34. The van der Waals surface area contributed by atoms with Crippen molar-refractivity contribution in [1.82, 2.24) is 5.32 Å². The Hall–Kier alpha value is -1.91. The zero-order chi connectivity index (χ0) is 15.8. The maximum atomic E-state index is 14.0. The zero-order valence-corrected chi connectivity index (χ0v) is 13.0. The van der Waals surface area contributed by atoms with E-state index in [4.69, 9.17) is 9.47 Å². The fourth-order valence-electron chi connectivity index (χ4n) is 2.10. The van der Waals surface area contributed by atoms with Crippen LogP contribution in [0.15, 0.2) is 48.5 Å². The van der Waals surface area contributed by atoms with Gasteiger partial charge in [-0.05, 0) is 25.1 Å². The van der Waals surface area contributed by atoms with E-state index in [2.05, 4.69) is 5.32 Å². The fraction of sp³-hybridized carbons (Fsp3) is 0.333. The van der Waals surface area contributed by atoms with Gasteiger partial charge in [0.2, 0.25) is 6.29 Å². The Morgan fingerprint density at radius 3 is 2.55 bits per heavy atom. The number of ether oxygens (including phenoxy) is 2. The lowest BCUT2D eigenvalue weighted by Crippen LogP contribution is -2.22. The summed E-state index contributed by atoms with van der Waals surface area (Å²) in [4.78, 5) is 0. The van der Waals surface area contributed by atoms with E-state index < -0.39 is 6.29 Å². The highest BCUT2D eigenvalue weighted by atomic mass is 19.1. The van der Waals surface area contributed by atoms with Gasteiger partial charge in [0.1, 0.15) is 0 Å². The minimum absolute atomic E-state index is 0.236. The Labute approximate surface area is 131 Å². The molecule has 0 aliphatic carbocycles. The molecule has 0 fully saturated rings. The Balaban J connectivity index is 2.14. The second-order valence-electron chi connectivity index (χ2n) is 4.97. The number of benzene rings is 2. The summed E-state index contributed by atoms with van der Waals surface area (Å²) in [6.45, 7) is 5.94. The lowest BCUT2D eigenvalue weighted by molar-refractivity contribution is -0.0840. The summed E-state index contributed by atoms with van der Waals surface area (Å²) in [5.74, 6) is -0.143. The molecule has 0 unspecified atom stereocenters. The van der Waals surface area contributed by atoms with E-state index in [9.17, 15) is 4.39 Å². The van der Waals surface area contributed by atoms with Crippen LogP contribution in [0.2, 0.25) is 0 Å². The van der Waals surface area contributed by atoms with E-state index >= 15 is 0 Å². The van der Waals surface area contributed by atoms with Gasteiger partial charge in [0, 0.05) is 12.1 Å². The standard InChI is InChI=1S/C18H22FNO2/c1-3-20-12-13-21-18(15-9-5-4-6-10-15)22-17-14(2)8-7-11-16(17)19/h4-11,18,20H,3,12-13H2,1-2H3/t18-/m0/s1. The molecule has 2 aromatic carbocycles. The lowest BCUT2D eigenvalue weighted by Gasteiger charge is -2.21. The monoisotopic (exact) mass is 303 g/mol. The molecule has 0 saturated carbocycles. The highest BCUT2D eigenvalue weighted by Gasteiger charge is 2.17. The number of hydrogen-bond donors (Lipinski definition) is 1. The number of aryl methyl sites for hydroxylation is 1. The van der Waals surface area contributed by atoms with Crippen molar-refractivity contribution in [2.24, 2.45) is 0 Å². The maximum absolute atomic E-state index is 14.0. The average Bonchev–Trinajstić information content (AvgIpc) is 2.54. The number of hydrogen-bond acceptors (Lipinski definition) is 3. The molecule has 0 saturated heterocycles. The average molecular weight is 303 g/mol. The lowest BCUT2D eigenvalue weighted by atomic mass is 10.2. The molecular formula is C18H22FNO2. The van der Waals surface area contributed by atoms with E-state index in [0.29, 0.717) is 6.61 Å². The first-order chi connectivity index (χ1) is 10.7. The van der Waals surface area contributed by atoms with Crippen LogP contribution in [0.3, 0.4) is 0 Å². The van der Waals surface area contributed by atoms with Gasteiger partial charge in [-0.3, -0.25) is 0 Å². The van der Waals surface area contributed by atoms with Gasteiger partial charge >= 0.3 is 0 Å². The summed E-state index contributed by atoms with van der Waals surface area (Å²) in [5.41, 5.74) is 1.61. The van der Waals surface area contributed by atoms with Crippen molar-refractivity contribution in [3.63, 3.8) is 0 Å². The van der Waals surface area contributed by atoms with Crippen molar-refractivity contribution in [2.45, 2.75) is 20.1 Å². The number of halogens is 1. The Morgan fingerprint density at radius 2 is 1.86 bits per heavy atom. The normalized spacial score (nSPS) is 12.1. The molecule has 1 N–H and O–H groups in total. The molecule has 1 atom stereocenters. The molecule has 22 heavy (non-hydrogen) atoms. The molecule has 2 rings (SSSR count). The molecule has 118 valence electrons. The predicted octanol–water partition coefficient (Wildman–Crippen LogP) is 3.84. The molecule has 0 aliphatic heterocycles. The van der Waals surface area contributed by atoms with Crippen LogP contribution >= 0.6 is 0 Å². The van der Waals surface area contributed by atoms with Crippen molar-refractivity contribution in [3.8, 4) is 5.75 Å². The fourth-order valence-corrected chi connectivity index (χ4v) is 2.10. The van der Waals surface area contributed by atoms with Gasteiger partial charge in [-0.2, -0.15) is 0 Å². The third kappa shape index (κ3) is 4.55. The van der Waals surface area contributed by atoms with Gasteiger partial charge in [0.25, 0.3) is 0 Å². The molecule has 0 heterocycles. The first-order valence-corrected chi connectivity index (χ1v) is 7.51. The number of para-hydroxylation sites is 1. The van der Waals surface area contributed by atoms with E-state index in [1.54, 1.807) is 6.07 Å². The van der Waals surface area contributed by atoms with Crippen LogP contribution in [0.4, 0.5) is 4.39 Å². The largest absolute Gasteiger partial charge is 0.457 e. The van der Waals surface area contributed by atoms with Crippen LogP contribution < -0.4 is 10.1 Å². The smallest absolute Gasteiger partial charge is 0.226 e. The topological polar surface area (TPSA) is 30.5 Å². The SMILES string of the molecule is CCNCCO[C@@H](Oc1c(C)cccc1F)c1ccccc1. The summed E-state index contributed by atoms with van der Waals surface area (Å²) in [6, 6.07) is 14.4. The van der Waals surface area contributed by atoms with Crippen molar-refractivity contribution in [2.75, 3.05) is 19.7 Å². The minimum atomic E-state index is -0.629. The summed E-state index contributed by atoms with van der Waals surface area (Å²) in [6.07, 6.45) is -0.629. The second kappa shape index (κ2) is 8.51. The first-order valence-electron chi connectivity index (χ1n) is 7.51. The number of nitrogens with one attached hydrogen (secondary N) is 1. The first kappa shape index (κ1) is 16.5. The predicted molar refractivity (Wildman–Crippen MR) is 85.4 cm³/mol. The summed E-state index contributed by atoms with van der Waals surface area (Å²) in [7, 11) is 0. The summed E-state index contributed by atoms with van der Waals surface area (Å²) in [5, 5.41) is 3.19. The third-order valence-electron chi connectivity index (χ3n) is 3.26. The maximum Gasteiger partial charge on any atom is 0.226 e. The van der Waals surface area contributed by atoms with Crippen molar-refractivity contribution in [1.29, 1.82) is 0 Å². The zero-order valence-electron chi connectivity index (χ0n) is 13.0. The molecular weight excluding hydrogens is 281 g/mol. The van der Waals surface area contributed by atoms with Gasteiger partial charge in [0.15, 0.2) is 11.6 Å². The quantitative estimate of drug-likeness (QED) is 0.594. The van der Waals surface area contributed by atoms with E-state index in [1.807, 2.05) is 50.2 Å². The van der Waals surface area contributed by atoms with E-state index in [1.165, 1.54) is 6.07 Å². The van der Waals surface area contributed by atoms with Gasteiger partial charge in [-0.25, -0.2) is 4.39 Å². The van der Waals surface area contributed by atoms with Gasteiger partial charge in [0.05, 0.1) is 6.61 Å². The molecule has 0 radical (unpaired) electrons. The van der Waals surface area contributed by atoms with Crippen LogP contribution in [-0.4, -0.2) is 19.7 Å². The summed E-state index contributed by atoms with van der Waals surface area (Å²) >= 11 is 0.